The van der Waals surface area contributed by atoms with Crippen LogP contribution in [-0.2, 0) is 14.3 Å². The third kappa shape index (κ3) is 5.05. The molecule has 0 aliphatic heterocycles. The Labute approximate surface area is 97.9 Å². The van der Waals surface area contributed by atoms with Gasteiger partial charge in [-0.05, 0) is 6.92 Å². The molecule has 17 heavy (non-hydrogen) atoms. The van der Waals surface area contributed by atoms with Gasteiger partial charge < -0.3 is 25.2 Å². The summed E-state index contributed by atoms with van der Waals surface area (Å²) < 4.78 is 4.52. The maximum atomic E-state index is 11.0. The summed E-state index contributed by atoms with van der Waals surface area (Å²) in [5, 5.41) is 36.3. The molecule has 7 heteroatoms. The zero-order valence-electron chi connectivity index (χ0n) is 9.26. The highest BCUT2D eigenvalue weighted by atomic mass is 16.6. The molecule has 98 valence electrons. The molecule has 0 fully saturated rings. The van der Waals surface area contributed by atoms with Gasteiger partial charge in [0.2, 0.25) is 0 Å². The van der Waals surface area contributed by atoms with Gasteiger partial charge in [0.25, 0.3) is 0 Å². The molecule has 4 atom stereocenters. The number of ether oxygens (including phenoxy) is 1. The van der Waals surface area contributed by atoms with E-state index in [1.165, 1.54) is 6.08 Å². The van der Waals surface area contributed by atoms with Crippen LogP contribution in [0.15, 0.2) is 12.2 Å². The smallest absolute Gasteiger partial charge is 0.331 e. The number of rotatable bonds is 7. The lowest BCUT2D eigenvalue weighted by Crippen LogP contribution is -2.47. The fourth-order valence-electron chi connectivity index (χ4n) is 1.02. The Morgan fingerprint density at radius 3 is 2.29 bits per heavy atom. The molecular formula is C10H16O7. The van der Waals surface area contributed by atoms with Crippen LogP contribution in [0.25, 0.3) is 0 Å². The van der Waals surface area contributed by atoms with E-state index in [9.17, 15) is 19.8 Å². The average molecular weight is 248 g/mol. The minimum absolute atomic E-state index is 0.124. The molecule has 7 nitrogen and oxygen atoms in total. The zero-order chi connectivity index (χ0) is 13.4. The average Bonchev–Trinajstić information content (AvgIpc) is 2.33. The summed E-state index contributed by atoms with van der Waals surface area (Å²) >= 11 is 0. The molecule has 0 amide bonds. The van der Waals surface area contributed by atoms with Gasteiger partial charge in [-0.1, -0.05) is 6.08 Å². The van der Waals surface area contributed by atoms with Gasteiger partial charge in [0.05, 0.1) is 6.61 Å². The summed E-state index contributed by atoms with van der Waals surface area (Å²) in [7, 11) is 0. The number of allylic oxidation sites excluding steroid dienone is 1. The maximum absolute atomic E-state index is 11.0. The predicted octanol–water partition coefficient (Wildman–Crippen LogP) is -2.25. The summed E-state index contributed by atoms with van der Waals surface area (Å²) in [6.07, 6.45) is -4.34. The molecule has 0 spiro atoms. The van der Waals surface area contributed by atoms with Gasteiger partial charge in [0.15, 0.2) is 12.4 Å². The first-order valence-corrected chi connectivity index (χ1v) is 4.91. The Balaban J connectivity index is 4.54. The van der Waals surface area contributed by atoms with Crippen molar-refractivity contribution >= 4 is 12.3 Å². The normalized spacial score (nSPS) is 18.4. The first kappa shape index (κ1) is 15.7. The van der Waals surface area contributed by atoms with Gasteiger partial charge in [0.1, 0.15) is 18.3 Å². The van der Waals surface area contributed by atoms with E-state index in [1.54, 1.807) is 6.92 Å². The van der Waals surface area contributed by atoms with E-state index in [2.05, 4.69) is 4.74 Å². The minimum atomic E-state index is -1.82. The lowest BCUT2D eigenvalue weighted by atomic mass is 10.0. The summed E-state index contributed by atoms with van der Waals surface area (Å²) in [6, 6.07) is 0. The van der Waals surface area contributed by atoms with E-state index >= 15 is 0 Å². The zero-order valence-corrected chi connectivity index (χ0v) is 9.26. The fraction of sp³-hybridized carbons (Fsp3) is 0.600. The van der Waals surface area contributed by atoms with Crippen LogP contribution in [0.4, 0.5) is 0 Å². The van der Waals surface area contributed by atoms with Crippen LogP contribution in [0.1, 0.15) is 6.92 Å². The maximum Gasteiger partial charge on any atom is 0.331 e. The lowest BCUT2D eigenvalue weighted by Gasteiger charge is -2.25. The Morgan fingerprint density at radius 2 is 1.88 bits per heavy atom. The Bertz CT molecular complexity index is 276. The molecule has 0 saturated carbocycles. The van der Waals surface area contributed by atoms with E-state index in [0.29, 0.717) is 0 Å². The molecule has 0 bridgehead atoms. The van der Waals surface area contributed by atoms with E-state index in [1.807, 2.05) is 0 Å². The highest BCUT2D eigenvalue weighted by Gasteiger charge is 2.33. The quantitative estimate of drug-likeness (QED) is 0.228. The Morgan fingerprint density at radius 1 is 1.29 bits per heavy atom. The number of carbonyl (C=O) groups excluding carboxylic acids is 2. The second-order valence-corrected chi connectivity index (χ2v) is 3.27. The van der Waals surface area contributed by atoms with Crippen molar-refractivity contribution in [2.24, 2.45) is 0 Å². The summed E-state index contributed by atoms with van der Waals surface area (Å²) in [5.74, 6) is -0.866. The molecule has 0 unspecified atom stereocenters. The lowest BCUT2D eigenvalue weighted by molar-refractivity contribution is -0.163. The van der Waals surface area contributed by atoms with Gasteiger partial charge in [0, 0.05) is 6.08 Å². The van der Waals surface area contributed by atoms with Crippen LogP contribution in [-0.4, -0.2) is 63.7 Å². The van der Waals surface area contributed by atoms with Crippen LogP contribution >= 0.6 is 0 Å². The molecule has 0 radical (unpaired) electrons. The Hall–Kier alpha value is -1.28. The van der Waals surface area contributed by atoms with Crippen molar-refractivity contribution in [3.63, 3.8) is 0 Å². The monoisotopic (exact) mass is 248 g/mol. The number of hydrogen-bond donors (Lipinski definition) is 4. The van der Waals surface area contributed by atoms with E-state index < -0.39 is 37.0 Å². The number of carbonyl (C=O) groups is 2. The molecule has 0 aliphatic rings. The number of esters is 1. The third-order valence-corrected chi connectivity index (χ3v) is 1.96. The van der Waals surface area contributed by atoms with Gasteiger partial charge in [-0.3, -0.25) is 4.79 Å². The second kappa shape index (κ2) is 7.91. The van der Waals surface area contributed by atoms with Gasteiger partial charge >= 0.3 is 5.97 Å². The number of hydrogen-bond acceptors (Lipinski definition) is 7. The minimum Gasteiger partial charge on any atom is -0.449 e. The van der Waals surface area contributed by atoms with Crippen LogP contribution in [0.5, 0.6) is 0 Å². The van der Waals surface area contributed by atoms with E-state index in [-0.39, 0.29) is 6.29 Å². The van der Waals surface area contributed by atoms with Crippen molar-refractivity contribution in [2.75, 3.05) is 6.61 Å². The summed E-state index contributed by atoms with van der Waals surface area (Å²) in [5.41, 5.74) is 0. The molecular weight excluding hydrogens is 232 g/mol. The second-order valence-electron chi connectivity index (χ2n) is 3.27. The molecule has 0 aromatic carbocycles. The Kier molecular flexibility index (Phi) is 7.31. The topological polar surface area (TPSA) is 124 Å². The molecule has 4 N–H and O–H groups in total. The van der Waals surface area contributed by atoms with Crippen molar-refractivity contribution in [3.8, 4) is 0 Å². The summed E-state index contributed by atoms with van der Waals surface area (Å²) in [4.78, 5) is 21.6. The van der Waals surface area contributed by atoms with E-state index in [0.717, 1.165) is 6.08 Å². The molecule has 0 heterocycles. The van der Waals surface area contributed by atoms with Crippen LogP contribution in [0, 0.1) is 0 Å². The van der Waals surface area contributed by atoms with Crippen LogP contribution in [0.2, 0.25) is 0 Å². The number of aliphatic hydroxyl groups is 4. The van der Waals surface area contributed by atoms with Crippen molar-refractivity contribution in [3.05, 3.63) is 12.2 Å². The molecule has 0 rings (SSSR count). The van der Waals surface area contributed by atoms with Crippen molar-refractivity contribution in [1.29, 1.82) is 0 Å². The fourth-order valence-corrected chi connectivity index (χ4v) is 1.02. The van der Waals surface area contributed by atoms with Crippen molar-refractivity contribution in [1.82, 2.24) is 0 Å². The molecule has 0 aliphatic carbocycles. The van der Waals surface area contributed by atoms with Crippen LogP contribution < -0.4 is 0 Å². The van der Waals surface area contributed by atoms with E-state index in [4.69, 9.17) is 10.2 Å². The molecule has 0 saturated heterocycles. The molecule has 0 aromatic heterocycles. The third-order valence-electron chi connectivity index (χ3n) is 1.96. The first-order chi connectivity index (χ1) is 7.97. The highest BCUT2D eigenvalue weighted by molar-refractivity contribution is 5.83. The summed E-state index contributed by atoms with van der Waals surface area (Å²) in [6.45, 7) is 0.755. The highest BCUT2D eigenvalue weighted by Crippen LogP contribution is 2.07. The number of aldehydes is 1. The predicted molar refractivity (Wildman–Crippen MR) is 55.9 cm³/mol. The number of aliphatic hydroxyl groups excluding tert-OH is 4. The van der Waals surface area contributed by atoms with Crippen LogP contribution in [0.3, 0.4) is 0 Å². The van der Waals surface area contributed by atoms with Gasteiger partial charge in [-0.2, -0.15) is 0 Å². The van der Waals surface area contributed by atoms with Gasteiger partial charge in [-0.15, -0.1) is 0 Å². The SMILES string of the molecule is C/C=C/C(=O)O[C@H](C=O)[C@@H](O)[C@H](O)[C@H](O)CO. The van der Waals surface area contributed by atoms with Crippen molar-refractivity contribution < 1.29 is 34.8 Å². The van der Waals surface area contributed by atoms with Gasteiger partial charge in [-0.25, -0.2) is 4.79 Å². The standard InChI is InChI=1S/C10H16O7/c1-2-3-8(14)17-7(5-12)10(16)9(15)6(13)4-11/h2-3,5-7,9-11,13,15-16H,4H2,1H3/b3-2+/t6-,7-,9-,10-/m1/s1. The van der Waals surface area contributed by atoms with Crippen molar-refractivity contribution in [2.45, 2.75) is 31.3 Å². The molecule has 0 aromatic rings. The largest absolute Gasteiger partial charge is 0.449 e. The first-order valence-electron chi connectivity index (χ1n) is 4.91.